The number of fused-ring (bicyclic) bond motifs is 9. The van der Waals surface area contributed by atoms with Crippen LogP contribution < -0.4 is 29.6 Å². The van der Waals surface area contributed by atoms with E-state index in [9.17, 15) is 37.9 Å². The molecule has 2 bridgehead atoms. The van der Waals surface area contributed by atoms with Gasteiger partial charge in [0, 0.05) is 53.9 Å². The largest absolute Gasteiger partial charge is 0.504 e. The van der Waals surface area contributed by atoms with Crippen molar-refractivity contribution in [1.82, 2.24) is 20.4 Å². The number of amides is 2. The first kappa shape index (κ1) is 39.4. The molecule has 0 aliphatic carbocycles. The van der Waals surface area contributed by atoms with E-state index in [1.165, 1.54) is 39.2 Å². The zero-order valence-corrected chi connectivity index (χ0v) is 32.1. The average molecular weight is 790 g/mol. The van der Waals surface area contributed by atoms with Crippen molar-refractivity contribution in [3.63, 3.8) is 0 Å². The summed E-state index contributed by atoms with van der Waals surface area (Å²) in [6.45, 7) is 6.18. The second kappa shape index (κ2) is 14.9. The average Bonchev–Trinajstić information content (AvgIpc) is 3.65. The number of phenolic OH excluding ortho intramolecular Hbond substituents is 1. The summed E-state index contributed by atoms with van der Waals surface area (Å²) in [6, 6.07) is 5.14. The van der Waals surface area contributed by atoms with Gasteiger partial charge in [0.05, 0.1) is 30.8 Å². The van der Waals surface area contributed by atoms with Gasteiger partial charge in [-0.05, 0) is 75.6 Å². The second-order valence-electron chi connectivity index (χ2n) is 14.8. The van der Waals surface area contributed by atoms with Gasteiger partial charge in [-0.25, -0.2) is 0 Å². The van der Waals surface area contributed by atoms with Gasteiger partial charge in [-0.1, -0.05) is 18.2 Å². The molecule has 3 aromatic carbocycles. The highest BCUT2D eigenvalue weighted by molar-refractivity contribution is 5.95. The number of piperazine rings is 1. The van der Waals surface area contributed by atoms with Crippen LogP contribution in [-0.4, -0.2) is 84.4 Å². The number of alkyl halides is 3. The van der Waals surface area contributed by atoms with Crippen LogP contribution in [0.1, 0.15) is 70.4 Å². The predicted molar refractivity (Wildman–Crippen MR) is 199 cm³/mol. The van der Waals surface area contributed by atoms with Crippen molar-refractivity contribution >= 4 is 23.9 Å². The minimum Gasteiger partial charge on any atom is -0.504 e. The number of ether oxygens (including phenoxy) is 4. The van der Waals surface area contributed by atoms with Crippen LogP contribution in [0.2, 0.25) is 0 Å². The monoisotopic (exact) mass is 789 g/mol. The number of halogens is 3. The molecule has 0 spiro atoms. The van der Waals surface area contributed by atoms with Crippen molar-refractivity contribution in [3.05, 3.63) is 80.9 Å². The zero-order chi connectivity index (χ0) is 41.1. The van der Waals surface area contributed by atoms with Crippen LogP contribution in [0.5, 0.6) is 28.7 Å². The molecular weight excluding hydrogens is 747 g/mol. The second-order valence-corrected chi connectivity index (χ2v) is 14.8. The molecule has 2 amide bonds. The van der Waals surface area contributed by atoms with Gasteiger partial charge in [0.1, 0.15) is 17.8 Å². The summed E-state index contributed by atoms with van der Waals surface area (Å²) in [5.41, 5.74) is 3.35. The maximum Gasteiger partial charge on any atom is 0.416 e. The van der Waals surface area contributed by atoms with E-state index in [2.05, 4.69) is 21.6 Å². The van der Waals surface area contributed by atoms with Gasteiger partial charge in [-0.3, -0.25) is 24.2 Å². The molecule has 0 radical (unpaired) electrons. The maximum absolute atomic E-state index is 13.7. The lowest BCUT2D eigenvalue weighted by Crippen LogP contribution is -2.69. The Labute approximate surface area is 326 Å². The third-order valence-corrected chi connectivity index (χ3v) is 11.4. The molecule has 1 saturated heterocycles. The van der Waals surface area contributed by atoms with Crippen molar-refractivity contribution < 1.29 is 51.6 Å². The van der Waals surface area contributed by atoms with E-state index in [1.54, 1.807) is 6.92 Å². The van der Waals surface area contributed by atoms with E-state index in [4.69, 9.17) is 18.9 Å². The number of benzene rings is 3. The van der Waals surface area contributed by atoms with Crippen molar-refractivity contribution in [2.24, 2.45) is 0 Å². The van der Waals surface area contributed by atoms with Gasteiger partial charge in [0.25, 0.3) is 0 Å². The fraction of sp³-hybridized carbons (Fsp3) is 0.415. The Morgan fingerprint density at radius 3 is 2.53 bits per heavy atom. The summed E-state index contributed by atoms with van der Waals surface area (Å²) in [4.78, 5) is 43.2. The number of likely N-dealkylation sites (N-methyl/N-ethyl adjacent to an activating group) is 1. The molecule has 57 heavy (non-hydrogen) atoms. The van der Waals surface area contributed by atoms with Crippen LogP contribution in [0, 0.1) is 25.2 Å². The number of aromatic hydroxyl groups is 1. The number of hydrogen-bond donors (Lipinski definition) is 3. The van der Waals surface area contributed by atoms with E-state index < -0.39 is 59.7 Å². The number of aryl methyl sites for hydroxylation is 1. The smallest absolute Gasteiger partial charge is 0.416 e. The third-order valence-electron chi connectivity index (χ3n) is 11.4. The Bertz CT molecular complexity index is 2240. The Morgan fingerprint density at radius 1 is 1.11 bits per heavy atom. The van der Waals surface area contributed by atoms with Crippen LogP contribution in [0.4, 0.5) is 13.2 Å². The molecule has 3 aromatic rings. The number of nitrogens with zero attached hydrogens (tertiary/aromatic N) is 3. The summed E-state index contributed by atoms with van der Waals surface area (Å²) >= 11 is 0. The molecule has 0 aromatic heterocycles. The zero-order valence-electron chi connectivity index (χ0n) is 32.1. The van der Waals surface area contributed by atoms with Gasteiger partial charge in [-0.15, -0.1) is 0 Å². The van der Waals surface area contributed by atoms with Gasteiger partial charge in [0.2, 0.25) is 18.6 Å². The molecule has 1 unspecified atom stereocenters. The fourth-order valence-corrected chi connectivity index (χ4v) is 8.98. The lowest BCUT2D eigenvalue weighted by atomic mass is 9.71. The van der Waals surface area contributed by atoms with Crippen molar-refractivity contribution in [1.29, 1.82) is 5.26 Å². The van der Waals surface area contributed by atoms with E-state index in [1.807, 2.05) is 24.9 Å². The van der Waals surface area contributed by atoms with Gasteiger partial charge >= 0.3 is 12.1 Å². The van der Waals surface area contributed by atoms with Crippen LogP contribution in [-0.2, 0) is 33.4 Å². The molecular formula is C41H42F3N5O8. The molecule has 1 fully saturated rings. The molecule has 13 nitrogen and oxygen atoms in total. The number of phenols is 1. The fourth-order valence-electron chi connectivity index (χ4n) is 8.98. The number of rotatable bonds is 8. The highest BCUT2D eigenvalue weighted by Crippen LogP contribution is 2.58. The lowest BCUT2D eigenvalue weighted by Gasteiger charge is -2.60. The highest BCUT2D eigenvalue weighted by Gasteiger charge is 2.57. The molecule has 0 saturated carbocycles. The molecule has 6 atom stereocenters. The van der Waals surface area contributed by atoms with Gasteiger partial charge in [0.15, 0.2) is 23.0 Å². The number of esters is 1. The Kier molecular flexibility index (Phi) is 10.3. The number of hydrogen-bond acceptors (Lipinski definition) is 11. The van der Waals surface area contributed by atoms with E-state index in [0.717, 1.165) is 29.3 Å². The summed E-state index contributed by atoms with van der Waals surface area (Å²) < 4.78 is 63.0. The molecule has 16 heteroatoms. The molecule has 4 aliphatic rings. The third kappa shape index (κ3) is 6.88. The number of nitrogens with one attached hydrogen (secondary N) is 2. The van der Waals surface area contributed by atoms with Crippen LogP contribution >= 0.6 is 0 Å². The van der Waals surface area contributed by atoms with Crippen molar-refractivity contribution in [3.8, 4) is 34.8 Å². The lowest BCUT2D eigenvalue weighted by molar-refractivity contribution is -0.137. The van der Waals surface area contributed by atoms with Crippen LogP contribution in [0.25, 0.3) is 6.08 Å². The van der Waals surface area contributed by atoms with E-state index in [-0.39, 0.29) is 42.9 Å². The minimum absolute atomic E-state index is 0.00237. The molecule has 300 valence electrons. The van der Waals surface area contributed by atoms with Crippen LogP contribution in [0.3, 0.4) is 0 Å². The number of carbonyl (C=O) groups is 3. The normalized spacial score (nSPS) is 22.8. The molecule has 7 rings (SSSR count). The van der Waals surface area contributed by atoms with E-state index in [0.29, 0.717) is 45.9 Å². The van der Waals surface area contributed by atoms with Crippen molar-refractivity contribution in [2.75, 3.05) is 27.5 Å². The molecule has 4 heterocycles. The molecule has 4 aliphatic heterocycles. The predicted octanol–water partition coefficient (Wildman–Crippen LogP) is 4.80. The maximum atomic E-state index is 13.7. The van der Waals surface area contributed by atoms with Gasteiger partial charge < -0.3 is 34.7 Å². The first-order valence-electron chi connectivity index (χ1n) is 18.4. The molecule has 3 N–H and O–H groups in total. The Balaban J connectivity index is 1.25. The van der Waals surface area contributed by atoms with Crippen molar-refractivity contribution in [2.45, 2.75) is 83.0 Å². The number of nitriles is 1. The van der Waals surface area contributed by atoms with Crippen LogP contribution in [0.15, 0.2) is 36.4 Å². The highest BCUT2D eigenvalue weighted by atomic mass is 19.4. The first-order valence-corrected chi connectivity index (χ1v) is 18.4. The SMILES string of the molecule is COc1c(C)cc2c(c1O)[C@@H]1C3Cc4c(OC(C)=O)c(C)c5c(c4[C@H](CNC(=O)[C@@H](C)NC(=O)/C=C/c4cccc(C(F)(F)F)c4)N3[C@@H](C#N)[C@H](C2)N1C)OCO5. The first-order chi connectivity index (χ1) is 27.0. The van der Waals surface area contributed by atoms with E-state index >= 15 is 0 Å². The summed E-state index contributed by atoms with van der Waals surface area (Å²) in [7, 11) is 3.41. The standard InChI is InChI=1S/C41H42F3N5O8/c1-19-12-24-14-27-29(16-45)49-28(34(48(27)5)32(24)35(52)36(19)54-6)15-26-33(39-38(55-18-56-39)20(2)37(26)57-22(4)50)30(49)17-46-40(53)21(3)47-31(51)11-10-23-8-7-9-25(13-23)41(42,43)44/h7-13,21,27-30,34,52H,14-15,17-18H2,1-6H3,(H,46,53)(H,47,51)/b11-10+/t21-,27+,28?,29+,30+,34+/m1/s1. The summed E-state index contributed by atoms with van der Waals surface area (Å²) in [5.74, 6) is -0.439. The number of methoxy groups -OCH3 is 1. The summed E-state index contributed by atoms with van der Waals surface area (Å²) in [5, 5.41) is 28.1. The topological polar surface area (TPSA) is 163 Å². The minimum atomic E-state index is -4.55. The Hall–Kier alpha value is -5.79. The quantitative estimate of drug-likeness (QED) is 0.163. The Morgan fingerprint density at radius 2 is 1.84 bits per heavy atom. The van der Waals surface area contributed by atoms with Gasteiger partial charge in [-0.2, -0.15) is 18.4 Å². The number of carbonyl (C=O) groups excluding carboxylic acids is 3. The summed E-state index contributed by atoms with van der Waals surface area (Å²) in [6.07, 6.45) is -1.58.